The Balaban J connectivity index is 1.59. The van der Waals surface area contributed by atoms with E-state index >= 15 is 0 Å². The average molecular weight is 398 g/mol. The summed E-state index contributed by atoms with van der Waals surface area (Å²) in [5.41, 5.74) is 2.08. The molecule has 1 aromatic heterocycles. The molecule has 1 saturated heterocycles. The highest BCUT2D eigenvalue weighted by Crippen LogP contribution is 2.24. The summed E-state index contributed by atoms with van der Waals surface area (Å²) in [6.07, 6.45) is 2.79. The Morgan fingerprint density at radius 1 is 0.966 bits per heavy atom. The lowest BCUT2D eigenvalue weighted by Crippen LogP contribution is -2.35. The Kier molecular flexibility index (Phi) is 6.18. The van der Waals surface area contributed by atoms with E-state index in [9.17, 15) is 4.79 Å². The van der Waals surface area contributed by atoms with Crippen molar-refractivity contribution in [3.8, 4) is 0 Å². The fraction of sp³-hybridized carbons (Fsp3) is 0.583. The van der Waals surface area contributed by atoms with Crippen molar-refractivity contribution in [2.24, 2.45) is 0 Å². The molecule has 2 aromatic rings. The molecule has 0 atom stereocenters. The smallest absolute Gasteiger partial charge is 0.253 e. The van der Waals surface area contributed by atoms with Crippen LogP contribution in [0.5, 0.6) is 0 Å². The first-order valence-electron chi connectivity index (χ1n) is 10.6. The van der Waals surface area contributed by atoms with Crippen LogP contribution in [0.15, 0.2) is 34.9 Å². The van der Waals surface area contributed by atoms with Gasteiger partial charge in [0.1, 0.15) is 5.76 Å². The third kappa shape index (κ3) is 5.47. The number of hydrogen-bond acceptors (Lipinski definition) is 4. The molecule has 5 heteroatoms. The van der Waals surface area contributed by atoms with Gasteiger partial charge in [0.05, 0.1) is 12.7 Å². The number of nitrogens with zero attached hydrogens (tertiary/aromatic N) is 3. The highest BCUT2D eigenvalue weighted by atomic mass is 16.4. The number of oxazole rings is 1. The van der Waals surface area contributed by atoms with E-state index in [1.807, 2.05) is 23.2 Å². The number of carbonyl (C=O) groups excluding carboxylic acids is 1. The van der Waals surface area contributed by atoms with E-state index in [4.69, 9.17) is 4.42 Å². The van der Waals surface area contributed by atoms with Crippen molar-refractivity contribution in [3.63, 3.8) is 0 Å². The van der Waals surface area contributed by atoms with Crippen LogP contribution >= 0.6 is 0 Å². The second-order valence-corrected chi connectivity index (χ2v) is 10.1. The van der Waals surface area contributed by atoms with Gasteiger partial charge in [-0.1, -0.05) is 53.7 Å². The molecule has 0 radical (unpaired) electrons. The number of hydrogen-bond donors (Lipinski definition) is 0. The molecule has 1 aliphatic heterocycles. The van der Waals surface area contributed by atoms with Gasteiger partial charge in [-0.25, -0.2) is 4.98 Å². The van der Waals surface area contributed by atoms with Gasteiger partial charge in [0.15, 0.2) is 0 Å². The van der Waals surface area contributed by atoms with Gasteiger partial charge in [-0.2, -0.15) is 0 Å². The maximum Gasteiger partial charge on any atom is 0.253 e. The minimum absolute atomic E-state index is 0.0320. The summed E-state index contributed by atoms with van der Waals surface area (Å²) in [5, 5.41) is 0. The maximum atomic E-state index is 13.0. The Morgan fingerprint density at radius 3 is 2.24 bits per heavy atom. The molecule has 0 bridgehead atoms. The molecule has 158 valence electrons. The molecule has 3 rings (SSSR count). The molecule has 0 N–H and O–H groups in total. The fourth-order valence-corrected chi connectivity index (χ4v) is 3.55. The molecule has 1 amide bonds. The monoisotopic (exact) mass is 397 g/mol. The predicted molar refractivity (Wildman–Crippen MR) is 116 cm³/mol. The van der Waals surface area contributed by atoms with Gasteiger partial charge in [0, 0.05) is 37.2 Å². The standard InChI is InChI=1S/C24H35N3O2/c1-23(2,3)19-10-8-18(9-11-19)22(28)27-13-7-12-26(14-15-27)17-21-25-16-20(29-21)24(4,5)6/h8-11,16H,7,12-15,17H2,1-6H3. The van der Waals surface area contributed by atoms with Crippen LogP contribution in [-0.4, -0.2) is 46.9 Å². The van der Waals surface area contributed by atoms with Crippen LogP contribution in [0.25, 0.3) is 0 Å². The van der Waals surface area contributed by atoms with Crippen molar-refractivity contribution >= 4 is 5.91 Å². The van der Waals surface area contributed by atoms with Crippen LogP contribution in [0.4, 0.5) is 0 Å². The van der Waals surface area contributed by atoms with Crippen molar-refractivity contribution in [1.82, 2.24) is 14.8 Å². The lowest BCUT2D eigenvalue weighted by molar-refractivity contribution is 0.0760. The quantitative estimate of drug-likeness (QED) is 0.758. The van der Waals surface area contributed by atoms with Crippen molar-refractivity contribution in [2.45, 2.75) is 65.3 Å². The zero-order valence-electron chi connectivity index (χ0n) is 18.8. The Hall–Kier alpha value is -2.14. The van der Waals surface area contributed by atoms with Crippen molar-refractivity contribution in [2.75, 3.05) is 26.2 Å². The normalized spacial score (nSPS) is 16.7. The van der Waals surface area contributed by atoms with Gasteiger partial charge in [-0.05, 0) is 29.5 Å². The molecule has 0 unspecified atom stereocenters. The molecule has 29 heavy (non-hydrogen) atoms. The first-order chi connectivity index (χ1) is 13.5. The summed E-state index contributed by atoms with van der Waals surface area (Å²) in [6, 6.07) is 8.08. The minimum Gasteiger partial charge on any atom is -0.444 e. The zero-order chi connectivity index (χ0) is 21.2. The van der Waals surface area contributed by atoms with E-state index in [2.05, 4.69) is 63.6 Å². The molecule has 1 aliphatic rings. The van der Waals surface area contributed by atoms with Crippen LogP contribution in [0.1, 0.15) is 75.5 Å². The Bertz CT molecular complexity index is 825. The topological polar surface area (TPSA) is 49.6 Å². The summed E-state index contributed by atoms with van der Waals surface area (Å²) in [7, 11) is 0. The SMILES string of the molecule is CC(C)(C)c1ccc(C(=O)N2CCCN(Cc3ncc(C(C)(C)C)o3)CC2)cc1. The summed E-state index contributed by atoms with van der Waals surface area (Å²) >= 11 is 0. The third-order valence-electron chi connectivity index (χ3n) is 5.53. The van der Waals surface area contributed by atoms with E-state index in [-0.39, 0.29) is 16.7 Å². The summed E-state index contributed by atoms with van der Waals surface area (Å²) in [4.78, 5) is 21.7. The number of aromatic nitrogens is 1. The molecule has 1 fully saturated rings. The Labute approximate surface area is 175 Å². The summed E-state index contributed by atoms with van der Waals surface area (Å²) in [5.74, 6) is 1.80. The third-order valence-corrected chi connectivity index (χ3v) is 5.53. The highest BCUT2D eigenvalue weighted by Gasteiger charge is 2.23. The first kappa shape index (κ1) is 21.6. The van der Waals surface area contributed by atoms with Gasteiger partial charge in [0.25, 0.3) is 5.91 Å². The largest absolute Gasteiger partial charge is 0.444 e. The number of benzene rings is 1. The molecule has 0 aliphatic carbocycles. The molecule has 2 heterocycles. The predicted octanol–water partition coefficient (Wildman–Crippen LogP) is 4.62. The maximum absolute atomic E-state index is 13.0. The van der Waals surface area contributed by atoms with Crippen LogP contribution < -0.4 is 0 Å². The molecule has 5 nitrogen and oxygen atoms in total. The van der Waals surface area contributed by atoms with Gasteiger partial charge < -0.3 is 9.32 Å². The van der Waals surface area contributed by atoms with Gasteiger partial charge in [0.2, 0.25) is 5.89 Å². The van der Waals surface area contributed by atoms with Crippen LogP contribution in [-0.2, 0) is 17.4 Å². The van der Waals surface area contributed by atoms with Crippen LogP contribution in [0.2, 0.25) is 0 Å². The van der Waals surface area contributed by atoms with E-state index in [1.54, 1.807) is 0 Å². The highest BCUT2D eigenvalue weighted by molar-refractivity contribution is 5.94. The fourth-order valence-electron chi connectivity index (χ4n) is 3.55. The zero-order valence-corrected chi connectivity index (χ0v) is 18.8. The van der Waals surface area contributed by atoms with Gasteiger partial charge in [-0.3, -0.25) is 9.69 Å². The first-order valence-corrected chi connectivity index (χ1v) is 10.6. The molecular formula is C24H35N3O2. The summed E-state index contributed by atoms with van der Waals surface area (Å²) < 4.78 is 5.94. The lowest BCUT2D eigenvalue weighted by Gasteiger charge is -2.23. The summed E-state index contributed by atoms with van der Waals surface area (Å²) in [6.45, 7) is 16.9. The van der Waals surface area contributed by atoms with E-state index in [0.29, 0.717) is 6.54 Å². The van der Waals surface area contributed by atoms with Crippen molar-refractivity contribution < 1.29 is 9.21 Å². The Morgan fingerprint density at radius 2 is 1.66 bits per heavy atom. The second kappa shape index (κ2) is 8.31. The molecule has 0 spiro atoms. The van der Waals surface area contributed by atoms with Gasteiger partial charge in [-0.15, -0.1) is 0 Å². The molecule has 1 aromatic carbocycles. The van der Waals surface area contributed by atoms with Crippen molar-refractivity contribution in [3.05, 3.63) is 53.2 Å². The molecule has 0 saturated carbocycles. The average Bonchev–Trinajstić information content (AvgIpc) is 3.00. The number of amides is 1. The number of rotatable bonds is 3. The van der Waals surface area contributed by atoms with Gasteiger partial charge >= 0.3 is 0 Å². The number of carbonyl (C=O) groups is 1. The van der Waals surface area contributed by atoms with E-state index in [1.165, 1.54) is 5.56 Å². The van der Waals surface area contributed by atoms with Crippen molar-refractivity contribution in [1.29, 1.82) is 0 Å². The molecular weight excluding hydrogens is 362 g/mol. The minimum atomic E-state index is -0.0320. The second-order valence-electron chi connectivity index (χ2n) is 10.1. The van der Waals surface area contributed by atoms with E-state index in [0.717, 1.165) is 49.8 Å². The lowest BCUT2D eigenvalue weighted by atomic mass is 9.86. The van der Waals surface area contributed by atoms with Crippen LogP contribution in [0, 0.1) is 0 Å². The van der Waals surface area contributed by atoms with E-state index < -0.39 is 0 Å². The van der Waals surface area contributed by atoms with Crippen LogP contribution in [0.3, 0.4) is 0 Å².